The number of rotatable bonds is 1. The highest BCUT2D eigenvalue weighted by Crippen LogP contribution is 2.39. The van der Waals surface area contributed by atoms with E-state index in [1.54, 1.807) is 0 Å². The lowest BCUT2D eigenvalue weighted by atomic mass is 10.0. The normalized spacial score (nSPS) is 11.2. The molecule has 0 unspecified atom stereocenters. The minimum atomic E-state index is -4.72. The molecular formula is C14H6F5N. The first-order chi connectivity index (χ1) is 9.32. The third-order valence-corrected chi connectivity index (χ3v) is 2.66. The Balaban J connectivity index is 2.63. The third kappa shape index (κ3) is 2.62. The summed E-state index contributed by atoms with van der Waals surface area (Å²) in [5, 5.41) is 0. The number of nitrogens with zero attached hydrogens (tertiary/aromatic N) is 1. The van der Waals surface area contributed by atoms with Crippen molar-refractivity contribution in [3.05, 3.63) is 65.0 Å². The second kappa shape index (κ2) is 4.93. The molecule has 0 aromatic heterocycles. The first kappa shape index (κ1) is 14.0. The molecule has 0 amide bonds. The molecule has 0 aliphatic carbocycles. The van der Waals surface area contributed by atoms with Crippen LogP contribution >= 0.6 is 0 Å². The van der Waals surface area contributed by atoms with E-state index >= 15 is 0 Å². The Morgan fingerprint density at radius 3 is 2.20 bits per heavy atom. The maximum Gasteiger partial charge on any atom is 0.407 e. The number of alkyl halides is 3. The average molecular weight is 283 g/mol. The first-order valence-electron chi connectivity index (χ1n) is 5.37. The summed E-state index contributed by atoms with van der Waals surface area (Å²) < 4.78 is 64.8. The number of benzene rings is 2. The van der Waals surface area contributed by atoms with Gasteiger partial charge in [0.2, 0.25) is 0 Å². The van der Waals surface area contributed by atoms with Crippen molar-refractivity contribution in [2.75, 3.05) is 0 Å². The largest absolute Gasteiger partial charge is 0.407 e. The van der Waals surface area contributed by atoms with Crippen molar-refractivity contribution in [2.24, 2.45) is 0 Å². The van der Waals surface area contributed by atoms with E-state index in [0.29, 0.717) is 12.1 Å². The third-order valence-electron chi connectivity index (χ3n) is 2.66. The Kier molecular flexibility index (Phi) is 3.45. The van der Waals surface area contributed by atoms with Gasteiger partial charge in [0, 0.05) is 11.6 Å². The van der Waals surface area contributed by atoms with Crippen LogP contribution in [0.5, 0.6) is 0 Å². The summed E-state index contributed by atoms with van der Waals surface area (Å²) in [7, 11) is 0. The Morgan fingerprint density at radius 1 is 0.950 bits per heavy atom. The topological polar surface area (TPSA) is 4.36 Å². The molecule has 2 aromatic rings. The molecule has 0 radical (unpaired) electrons. The van der Waals surface area contributed by atoms with Gasteiger partial charge < -0.3 is 0 Å². The van der Waals surface area contributed by atoms with Gasteiger partial charge >= 0.3 is 6.18 Å². The summed E-state index contributed by atoms with van der Waals surface area (Å²) in [6, 6.07) is 5.44. The van der Waals surface area contributed by atoms with Gasteiger partial charge in [0.1, 0.15) is 11.6 Å². The van der Waals surface area contributed by atoms with Crippen molar-refractivity contribution in [3.63, 3.8) is 0 Å². The molecule has 0 atom stereocenters. The fourth-order valence-corrected chi connectivity index (χ4v) is 1.75. The van der Waals surface area contributed by atoms with Crippen LogP contribution in [0.1, 0.15) is 5.56 Å². The maximum atomic E-state index is 13.6. The highest BCUT2D eigenvalue weighted by Gasteiger charge is 2.33. The molecule has 0 aliphatic rings. The number of hydrogen-bond acceptors (Lipinski definition) is 0. The molecule has 0 spiro atoms. The molecule has 0 bridgehead atoms. The van der Waals surface area contributed by atoms with E-state index in [1.807, 2.05) is 0 Å². The summed E-state index contributed by atoms with van der Waals surface area (Å²) in [6.07, 6.45) is -4.72. The minimum absolute atomic E-state index is 0.0674. The van der Waals surface area contributed by atoms with E-state index in [9.17, 15) is 22.0 Å². The van der Waals surface area contributed by atoms with Gasteiger partial charge in [0.15, 0.2) is 5.69 Å². The Hall–Kier alpha value is -2.42. The highest BCUT2D eigenvalue weighted by molar-refractivity contribution is 5.70. The second-order valence-corrected chi connectivity index (χ2v) is 3.97. The first-order valence-corrected chi connectivity index (χ1v) is 5.37. The number of halogens is 5. The highest BCUT2D eigenvalue weighted by atomic mass is 19.4. The van der Waals surface area contributed by atoms with Crippen LogP contribution in [0.2, 0.25) is 0 Å². The summed E-state index contributed by atoms with van der Waals surface area (Å²) >= 11 is 0. The molecule has 0 fully saturated rings. The summed E-state index contributed by atoms with van der Waals surface area (Å²) in [4.78, 5) is 2.78. The summed E-state index contributed by atoms with van der Waals surface area (Å²) in [5.41, 5.74) is -1.94. The predicted octanol–water partition coefficient (Wildman–Crippen LogP) is 5.20. The van der Waals surface area contributed by atoms with Crippen molar-refractivity contribution in [3.8, 4) is 11.1 Å². The van der Waals surface area contributed by atoms with Crippen LogP contribution in [0, 0.1) is 18.2 Å². The molecule has 1 nitrogen and oxygen atoms in total. The molecule has 0 saturated carbocycles. The molecule has 0 saturated heterocycles. The average Bonchev–Trinajstić information content (AvgIpc) is 2.37. The second-order valence-electron chi connectivity index (χ2n) is 3.97. The van der Waals surface area contributed by atoms with Crippen molar-refractivity contribution in [1.29, 1.82) is 0 Å². The quantitative estimate of drug-likeness (QED) is 0.500. The molecule has 6 heteroatoms. The van der Waals surface area contributed by atoms with Crippen LogP contribution in [0.3, 0.4) is 0 Å². The zero-order valence-electron chi connectivity index (χ0n) is 9.80. The lowest BCUT2D eigenvalue weighted by Gasteiger charge is -2.11. The fraction of sp³-hybridized carbons (Fsp3) is 0.0714. The van der Waals surface area contributed by atoms with Crippen LogP contribution in [0.15, 0.2) is 36.4 Å². The Morgan fingerprint density at radius 2 is 1.65 bits per heavy atom. The van der Waals surface area contributed by atoms with Gasteiger partial charge in [0.05, 0.1) is 12.1 Å². The minimum Gasteiger partial charge on any atom is -0.238 e. The molecule has 0 aliphatic heterocycles. The molecule has 2 rings (SSSR count). The summed E-state index contributed by atoms with van der Waals surface area (Å²) in [6.45, 7) is 6.71. The number of hydrogen-bond donors (Lipinski definition) is 0. The zero-order chi connectivity index (χ0) is 14.9. The van der Waals surface area contributed by atoms with Crippen LogP contribution in [0.4, 0.5) is 27.6 Å². The van der Waals surface area contributed by atoms with Crippen molar-refractivity contribution in [1.82, 2.24) is 0 Å². The van der Waals surface area contributed by atoms with E-state index in [4.69, 9.17) is 6.57 Å². The lowest BCUT2D eigenvalue weighted by Crippen LogP contribution is -2.05. The smallest absolute Gasteiger partial charge is 0.238 e. The van der Waals surface area contributed by atoms with Gasteiger partial charge in [-0.2, -0.15) is 13.2 Å². The zero-order valence-corrected chi connectivity index (χ0v) is 9.80. The Labute approximate surface area is 111 Å². The molecule has 0 heterocycles. The van der Waals surface area contributed by atoms with Crippen LogP contribution in [0.25, 0.3) is 16.0 Å². The van der Waals surface area contributed by atoms with Gasteiger partial charge in [-0.3, -0.25) is 0 Å². The molecule has 0 N–H and O–H groups in total. The summed E-state index contributed by atoms with van der Waals surface area (Å²) in [5.74, 6) is -1.78. The fourth-order valence-electron chi connectivity index (χ4n) is 1.75. The van der Waals surface area contributed by atoms with Crippen molar-refractivity contribution in [2.45, 2.75) is 6.18 Å². The van der Waals surface area contributed by atoms with Gasteiger partial charge in [-0.25, -0.2) is 13.6 Å². The predicted molar refractivity (Wildman–Crippen MR) is 63.1 cm³/mol. The van der Waals surface area contributed by atoms with Crippen LogP contribution in [-0.2, 0) is 6.18 Å². The van der Waals surface area contributed by atoms with E-state index in [0.717, 1.165) is 18.2 Å². The van der Waals surface area contributed by atoms with Gasteiger partial charge in [-0.1, -0.05) is 18.2 Å². The molecular weight excluding hydrogens is 277 g/mol. The van der Waals surface area contributed by atoms with Gasteiger partial charge in [-0.15, -0.1) is 0 Å². The molecule has 102 valence electrons. The molecule has 2 aromatic carbocycles. The monoisotopic (exact) mass is 283 g/mol. The van der Waals surface area contributed by atoms with Gasteiger partial charge in [-0.05, 0) is 17.7 Å². The van der Waals surface area contributed by atoms with E-state index in [-0.39, 0.29) is 11.1 Å². The molecule has 20 heavy (non-hydrogen) atoms. The SMILES string of the molecule is [C-]#[N+]c1ccc(-c2ccc(F)cc2F)cc1C(F)(F)F. The van der Waals surface area contributed by atoms with E-state index < -0.39 is 29.1 Å². The van der Waals surface area contributed by atoms with E-state index in [2.05, 4.69) is 4.85 Å². The van der Waals surface area contributed by atoms with E-state index in [1.165, 1.54) is 6.07 Å². The van der Waals surface area contributed by atoms with Gasteiger partial charge in [0.25, 0.3) is 0 Å². The van der Waals surface area contributed by atoms with Crippen LogP contribution in [-0.4, -0.2) is 0 Å². The maximum absolute atomic E-state index is 13.6. The van der Waals surface area contributed by atoms with Crippen molar-refractivity contribution < 1.29 is 22.0 Å². The Bertz CT molecular complexity index is 698. The standard InChI is InChI=1S/C14H6F5N/c1-20-13-5-2-8(6-11(13)14(17,18)19)10-4-3-9(15)7-12(10)16/h2-7H. The lowest BCUT2D eigenvalue weighted by molar-refractivity contribution is -0.136. The van der Waals surface area contributed by atoms with Crippen molar-refractivity contribution >= 4 is 5.69 Å². The van der Waals surface area contributed by atoms with Crippen LogP contribution < -0.4 is 0 Å².